The molecule has 0 saturated carbocycles. The molecule has 2 unspecified atom stereocenters. The Bertz CT molecular complexity index is 172. The topological polar surface area (TPSA) is 58.4 Å². The summed E-state index contributed by atoms with van der Waals surface area (Å²) in [4.78, 5) is 13.5. The van der Waals surface area contributed by atoms with Crippen molar-refractivity contribution in [1.82, 2.24) is 10.2 Å². The monoisotopic (exact) mass is 171 g/mol. The maximum absolute atomic E-state index is 11.4. The zero-order valence-corrected chi connectivity index (χ0v) is 7.71. The maximum Gasteiger partial charge on any atom is 0.237 e. The lowest BCUT2D eigenvalue weighted by Crippen LogP contribution is -2.58. The van der Waals surface area contributed by atoms with Gasteiger partial charge in [-0.2, -0.15) is 0 Å². The van der Waals surface area contributed by atoms with Crippen molar-refractivity contribution in [2.24, 2.45) is 5.73 Å². The molecule has 0 aromatic heterocycles. The highest BCUT2D eigenvalue weighted by molar-refractivity contribution is 5.82. The van der Waals surface area contributed by atoms with E-state index in [9.17, 15) is 4.79 Å². The number of nitrogens with two attached hydrogens (primary N) is 1. The zero-order valence-electron chi connectivity index (χ0n) is 7.71. The number of piperazine rings is 1. The Hall–Kier alpha value is -0.610. The van der Waals surface area contributed by atoms with E-state index in [-0.39, 0.29) is 18.0 Å². The van der Waals surface area contributed by atoms with Gasteiger partial charge in [0, 0.05) is 12.6 Å². The van der Waals surface area contributed by atoms with Crippen molar-refractivity contribution in [2.75, 3.05) is 20.1 Å². The van der Waals surface area contributed by atoms with Gasteiger partial charge in [0.2, 0.25) is 5.91 Å². The molecule has 1 heterocycles. The van der Waals surface area contributed by atoms with E-state index in [0.29, 0.717) is 6.54 Å². The average Bonchev–Trinajstić information content (AvgIpc) is 1.96. The minimum atomic E-state index is -0.0220. The molecule has 0 aliphatic carbocycles. The van der Waals surface area contributed by atoms with Gasteiger partial charge in [0.1, 0.15) is 0 Å². The number of likely N-dealkylation sites (N-methyl/N-ethyl adjacent to an activating group) is 1. The summed E-state index contributed by atoms with van der Waals surface area (Å²) < 4.78 is 0. The maximum atomic E-state index is 11.4. The van der Waals surface area contributed by atoms with E-state index in [0.717, 1.165) is 13.0 Å². The summed E-state index contributed by atoms with van der Waals surface area (Å²) in [6, 6.07) is 0.239. The summed E-state index contributed by atoms with van der Waals surface area (Å²) in [5, 5.41) is 2.91. The van der Waals surface area contributed by atoms with Gasteiger partial charge in [0.05, 0.1) is 6.04 Å². The molecule has 4 heteroatoms. The van der Waals surface area contributed by atoms with Crippen LogP contribution in [-0.2, 0) is 4.79 Å². The van der Waals surface area contributed by atoms with Crippen molar-refractivity contribution >= 4 is 5.91 Å². The van der Waals surface area contributed by atoms with Crippen LogP contribution in [0.15, 0.2) is 0 Å². The van der Waals surface area contributed by atoms with E-state index in [1.807, 2.05) is 14.0 Å². The fourth-order valence-electron chi connectivity index (χ4n) is 1.65. The lowest BCUT2D eigenvalue weighted by atomic mass is 10.1. The van der Waals surface area contributed by atoms with E-state index < -0.39 is 0 Å². The van der Waals surface area contributed by atoms with Gasteiger partial charge in [0.15, 0.2) is 0 Å². The fraction of sp³-hybridized carbons (Fsp3) is 0.875. The predicted molar refractivity (Wildman–Crippen MR) is 47.7 cm³/mol. The number of hydrogen-bond acceptors (Lipinski definition) is 3. The molecule has 0 aromatic carbocycles. The summed E-state index contributed by atoms with van der Waals surface area (Å²) in [6.45, 7) is 3.49. The first-order valence-electron chi connectivity index (χ1n) is 4.36. The molecule has 0 radical (unpaired) electrons. The molecule has 0 aromatic rings. The van der Waals surface area contributed by atoms with Crippen LogP contribution >= 0.6 is 0 Å². The van der Waals surface area contributed by atoms with Crippen molar-refractivity contribution in [3.63, 3.8) is 0 Å². The van der Waals surface area contributed by atoms with E-state index in [1.54, 1.807) is 0 Å². The number of rotatable bonds is 2. The second kappa shape index (κ2) is 3.87. The summed E-state index contributed by atoms with van der Waals surface area (Å²) in [7, 11) is 1.97. The second-order valence-electron chi connectivity index (χ2n) is 3.44. The Morgan fingerprint density at radius 3 is 2.92 bits per heavy atom. The highest BCUT2D eigenvalue weighted by atomic mass is 16.2. The van der Waals surface area contributed by atoms with Crippen LogP contribution in [0.1, 0.15) is 13.3 Å². The van der Waals surface area contributed by atoms with Crippen molar-refractivity contribution in [2.45, 2.75) is 25.4 Å². The van der Waals surface area contributed by atoms with Crippen LogP contribution in [0, 0.1) is 0 Å². The van der Waals surface area contributed by atoms with Crippen LogP contribution in [0.5, 0.6) is 0 Å². The Labute approximate surface area is 73.1 Å². The van der Waals surface area contributed by atoms with Crippen LogP contribution < -0.4 is 11.1 Å². The second-order valence-corrected chi connectivity index (χ2v) is 3.44. The van der Waals surface area contributed by atoms with E-state index in [2.05, 4.69) is 10.2 Å². The minimum Gasteiger partial charge on any atom is -0.351 e. The third-order valence-corrected chi connectivity index (χ3v) is 2.23. The molecule has 1 amide bonds. The Balaban J connectivity index is 2.54. The first-order chi connectivity index (χ1) is 5.65. The molecule has 1 rings (SSSR count). The molecule has 1 fully saturated rings. The third kappa shape index (κ3) is 1.95. The van der Waals surface area contributed by atoms with Crippen molar-refractivity contribution in [1.29, 1.82) is 0 Å². The molecule has 0 spiro atoms. The molecule has 12 heavy (non-hydrogen) atoms. The van der Waals surface area contributed by atoms with E-state index in [1.165, 1.54) is 0 Å². The Kier molecular flexibility index (Phi) is 3.05. The zero-order chi connectivity index (χ0) is 9.14. The van der Waals surface area contributed by atoms with E-state index >= 15 is 0 Å². The molecule has 1 aliphatic heterocycles. The van der Waals surface area contributed by atoms with E-state index in [4.69, 9.17) is 5.73 Å². The van der Waals surface area contributed by atoms with Gasteiger partial charge in [-0.05, 0) is 26.9 Å². The molecule has 1 aliphatic rings. The first-order valence-corrected chi connectivity index (χ1v) is 4.36. The molecule has 2 atom stereocenters. The molecular weight excluding hydrogens is 154 g/mol. The number of nitrogens with zero attached hydrogens (tertiary/aromatic N) is 1. The third-order valence-electron chi connectivity index (χ3n) is 2.23. The normalized spacial score (nSPS) is 31.8. The van der Waals surface area contributed by atoms with Crippen LogP contribution in [-0.4, -0.2) is 43.0 Å². The number of hydrogen-bond donors (Lipinski definition) is 2. The van der Waals surface area contributed by atoms with Gasteiger partial charge in [-0.15, -0.1) is 0 Å². The van der Waals surface area contributed by atoms with Crippen LogP contribution in [0.4, 0.5) is 0 Å². The number of carbonyl (C=O) groups excluding carboxylic acids is 1. The summed E-state index contributed by atoms with van der Waals surface area (Å²) in [5.41, 5.74) is 5.41. The first kappa shape index (κ1) is 9.48. The lowest BCUT2D eigenvalue weighted by molar-refractivity contribution is -0.129. The average molecular weight is 171 g/mol. The summed E-state index contributed by atoms with van der Waals surface area (Å²) in [6.07, 6.45) is 0.745. The predicted octanol–water partition coefficient (Wildman–Crippen LogP) is -0.846. The van der Waals surface area contributed by atoms with Gasteiger partial charge in [-0.1, -0.05) is 0 Å². The van der Waals surface area contributed by atoms with Gasteiger partial charge < -0.3 is 11.1 Å². The fourth-order valence-corrected chi connectivity index (χ4v) is 1.65. The lowest BCUT2D eigenvalue weighted by Gasteiger charge is -2.35. The number of nitrogens with one attached hydrogen (secondary N) is 1. The van der Waals surface area contributed by atoms with Crippen molar-refractivity contribution in [3.05, 3.63) is 0 Å². The molecule has 1 saturated heterocycles. The SMILES string of the molecule is CC1CN(C)C(CCN)C(=O)N1. The molecule has 0 bridgehead atoms. The van der Waals surface area contributed by atoms with Gasteiger partial charge in [0.25, 0.3) is 0 Å². The minimum absolute atomic E-state index is 0.0220. The number of carbonyl (C=O) groups is 1. The quantitative estimate of drug-likeness (QED) is 0.569. The smallest absolute Gasteiger partial charge is 0.237 e. The van der Waals surface area contributed by atoms with Crippen LogP contribution in [0.3, 0.4) is 0 Å². The molecule has 4 nitrogen and oxygen atoms in total. The summed E-state index contributed by atoms with van der Waals surface area (Å²) in [5.74, 6) is 0.113. The van der Waals surface area contributed by atoms with Crippen LogP contribution in [0.2, 0.25) is 0 Å². The van der Waals surface area contributed by atoms with Gasteiger partial charge in [-0.25, -0.2) is 0 Å². The molecule has 3 N–H and O–H groups in total. The van der Waals surface area contributed by atoms with Gasteiger partial charge >= 0.3 is 0 Å². The Morgan fingerprint density at radius 2 is 2.42 bits per heavy atom. The molecule has 70 valence electrons. The highest BCUT2D eigenvalue weighted by Gasteiger charge is 2.29. The standard InChI is InChI=1S/C8H17N3O/c1-6-5-11(2)7(3-4-9)8(12)10-6/h6-7H,3-5,9H2,1-2H3,(H,10,12). The van der Waals surface area contributed by atoms with Gasteiger partial charge in [-0.3, -0.25) is 9.69 Å². The number of amides is 1. The largest absolute Gasteiger partial charge is 0.351 e. The van der Waals surface area contributed by atoms with Crippen molar-refractivity contribution in [3.8, 4) is 0 Å². The summed E-state index contributed by atoms with van der Waals surface area (Å²) >= 11 is 0. The Morgan fingerprint density at radius 1 is 1.75 bits per heavy atom. The van der Waals surface area contributed by atoms with Crippen molar-refractivity contribution < 1.29 is 4.79 Å². The van der Waals surface area contributed by atoms with Crippen LogP contribution in [0.25, 0.3) is 0 Å². The highest BCUT2D eigenvalue weighted by Crippen LogP contribution is 2.07. The molecular formula is C8H17N3O.